The lowest BCUT2D eigenvalue weighted by Gasteiger charge is -2.22. The van der Waals surface area contributed by atoms with E-state index < -0.39 is 22.5 Å². The highest BCUT2D eigenvalue weighted by Gasteiger charge is 2.27. The Kier molecular flexibility index (Phi) is 12.1. The normalized spacial score (nSPS) is 11.3. The van der Waals surface area contributed by atoms with Crippen LogP contribution in [-0.4, -0.2) is 64.7 Å². The van der Waals surface area contributed by atoms with Crippen molar-refractivity contribution in [2.75, 3.05) is 39.2 Å². The van der Waals surface area contributed by atoms with Gasteiger partial charge in [0.2, 0.25) is 10.0 Å². The summed E-state index contributed by atoms with van der Waals surface area (Å²) >= 11 is 6.06. The number of para-hydroxylation sites is 1. The van der Waals surface area contributed by atoms with Crippen LogP contribution in [0.25, 0.3) is 0 Å². The van der Waals surface area contributed by atoms with E-state index in [2.05, 4.69) is 15.8 Å². The summed E-state index contributed by atoms with van der Waals surface area (Å²) in [5, 5.41) is 7.08. The van der Waals surface area contributed by atoms with E-state index >= 15 is 0 Å². The molecule has 0 aromatic heterocycles. The van der Waals surface area contributed by atoms with Gasteiger partial charge in [0.15, 0.2) is 18.1 Å². The molecule has 13 heteroatoms. The molecule has 0 fully saturated rings. The number of amides is 2. The average molecular weight is 665 g/mol. The topological polar surface area (TPSA) is 136 Å². The fourth-order valence-corrected chi connectivity index (χ4v) is 5.83. The van der Waals surface area contributed by atoms with Gasteiger partial charge in [-0.1, -0.05) is 54.1 Å². The van der Waals surface area contributed by atoms with Crippen molar-refractivity contribution in [3.63, 3.8) is 0 Å². The van der Waals surface area contributed by atoms with Crippen molar-refractivity contribution in [3.05, 3.63) is 113 Å². The molecule has 2 N–H and O–H groups in total. The Balaban J connectivity index is 1.36. The lowest BCUT2D eigenvalue weighted by molar-refractivity contribution is -0.121. The number of hydrogen-bond donors (Lipinski definition) is 2. The number of halogens is 1. The van der Waals surface area contributed by atoms with Gasteiger partial charge in [0, 0.05) is 12.6 Å². The minimum Gasteiger partial charge on any atom is -0.493 e. The maximum Gasteiger partial charge on any atom is 0.262 e. The minimum atomic E-state index is -4.10. The van der Waals surface area contributed by atoms with Gasteiger partial charge >= 0.3 is 0 Å². The summed E-state index contributed by atoms with van der Waals surface area (Å²) in [5.41, 5.74) is 4.43. The Hall–Kier alpha value is -4.91. The maximum absolute atomic E-state index is 13.7. The predicted octanol–water partition coefficient (Wildman–Crippen LogP) is 4.76. The molecule has 0 heterocycles. The Labute approximate surface area is 272 Å². The summed E-state index contributed by atoms with van der Waals surface area (Å²) < 4.78 is 44.4. The monoisotopic (exact) mass is 664 g/mol. The van der Waals surface area contributed by atoms with E-state index in [1.54, 1.807) is 48.5 Å². The number of benzene rings is 4. The number of hydrazone groups is 1. The van der Waals surface area contributed by atoms with Crippen LogP contribution in [0.2, 0.25) is 5.02 Å². The number of carbonyl (C=O) groups is 2. The van der Waals surface area contributed by atoms with Gasteiger partial charge in [0.25, 0.3) is 11.8 Å². The van der Waals surface area contributed by atoms with Crippen LogP contribution in [0.3, 0.4) is 0 Å². The molecule has 4 rings (SSSR count). The highest BCUT2D eigenvalue weighted by molar-refractivity contribution is 7.89. The molecular weight excluding hydrogens is 632 g/mol. The van der Waals surface area contributed by atoms with Gasteiger partial charge in [-0.05, 0) is 66.1 Å². The Bertz CT molecular complexity index is 1770. The molecule has 11 nitrogen and oxygen atoms in total. The molecule has 0 unspecified atom stereocenters. The second-order valence-electron chi connectivity index (χ2n) is 9.77. The smallest absolute Gasteiger partial charge is 0.262 e. The van der Waals surface area contributed by atoms with E-state index in [0.717, 1.165) is 9.87 Å². The molecule has 0 atom stereocenters. The Morgan fingerprint density at radius 3 is 2.26 bits per heavy atom. The van der Waals surface area contributed by atoms with Gasteiger partial charge < -0.3 is 19.5 Å². The van der Waals surface area contributed by atoms with E-state index in [0.29, 0.717) is 34.2 Å². The molecule has 240 valence electrons. The number of nitrogens with zero attached hydrogens (tertiary/aromatic N) is 2. The second kappa shape index (κ2) is 16.4. The molecule has 46 heavy (non-hydrogen) atoms. The zero-order valence-corrected chi connectivity index (χ0v) is 26.8. The summed E-state index contributed by atoms with van der Waals surface area (Å²) in [6, 6.07) is 27.2. The van der Waals surface area contributed by atoms with Gasteiger partial charge in [0.1, 0.15) is 5.75 Å². The molecule has 0 radical (unpaired) electrons. The van der Waals surface area contributed by atoms with Gasteiger partial charge in [0.05, 0.1) is 42.6 Å². The molecule has 4 aromatic rings. The lowest BCUT2D eigenvalue weighted by Crippen LogP contribution is -2.40. The largest absolute Gasteiger partial charge is 0.493 e. The van der Waals surface area contributed by atoms with Crippen molar-refractivity contribution in [2.24, 2.45) is 5.10 Å². The summed E-state index contributed by atoms with van der Waals surface area (Å²) in [5.74, 6) is 0.0791. The summed E-state index contributed by atoms with van der Waals surface area (Å²) in [6.45, 7) is -0.638. The minimum absolute atomic E-state index is 0.0434. The van der Waals surface area contributed by atoms with Crippen molar-refractivity contribution in [2.45, 2.75) is 11.3 Å². The van der Waals surface area contributed by atoms with Crippen LogP contribution in [-0.2, 0) is 26.0 Å². The number of methoxy groups -OCH3 is 2. The van der Waals surface area contributed by atoms with Crippen LogP contribution in [0, 0.1) is 0 Å². The van der Waals surface area contributed by atoms with Gasteiger partial charge in [-0.2, -0.15) is 9.41 Å². The molecule has 0 aliphatic heterocycles. The number of hydrogen-bond acceptors (Lipinski definition) is 8. The number of nitrogens with one attached hydrogen (secondary N) is 2. The first-order valence-corrected chi connectivity index (χ1v) is 15.9. The van der Waals surface area contributed by atoms with Crippen LogP contribution in [0.5, 0.6) is 17.2 Å². The lowest BCUT2D eigenvalue weighted by atomic mass is 10.1. The molecule has 0 aliphatic carbocycles. The molecule has 0 saturated heterocycles. The fourth-order valence-electron chi connectivity index (χ4n) is 4.23. The van der Waals surface area contributed by atoms with Gasteiger partial charge in [-0.25, -0.2) is 13.8 Å². The highest BCUT2D eigenvalue weighted by Crippen LogP contribution is 2.30. The zero-order chi connectivity index (χ0) is 32.9. The highest BCUT2D eigenvalue weighted by atomic mass is 35.5. The third-order valence-corrected chi connectivity index (χ3v) is 8.78. The Morgan fingerprint density at radius 1 is 0.870 bits per heavy atom. The van der Waals surface area contributed by atoms with Crippen LogP contribution in [0.15, 0.2) is 107 Å². The van der Waals surface area contributed by atoms with E-state index in [9.17, 15) is 18.0 Å². The van der Waals surface area contributed by atoms with Crippen LogP contribution in [0.4, 0.5) is 5.69 Å². The molecule has 2 amide bonds. The van der Waals surface area contributed by atoms with E-state index in [-0.39, 0.29) is 29.7 Å². The molecular formula is C33H33ClN4O7S. The van der Waals surface area contributed by atoms with Gasteiger partial charge in [-0.15, -0.1) is 0 Å². The quantitative estimate of drug-likeness (QED) is 0.138. The third-order valence-electron chi connectivity index (χ3n) is 6.61. The van der Waals surface area contributed by atoms with Crippen LogP contribution < -0.4 is 25.0 Å². The number of carbonyl (C=O) groups excluding carboxylic acids is 2. The number of rotatable bonds is 15. The first kappa shape index (κ1) is 34.0. The number of anilines is 1. The zero-order valence-electron chi connectivity index (χ0n) is 25.2. The van der Waals surface area contributed by atoms with Crippen molar-refractivity contribution in [1.29, 1.82) is 0 Å². The van der Waals surface area contributed by atoms with E-state index in [1.165, 1.54) is 38.6 Å². The molecule has 0 bridgehead atoms. The summed E-state index contributed by atoms with van der Waals surface area (Å²) in [6.07, 6.45) is 1.79. The van der Waals surface area contributed by atoms with Crippen molar-refractivity contribution in [3.8, 4) is 17.2 Å². The molecule has 0 saturated carbocycles. The first-order valence-electron chi connectivity index (χ1n) is 14.0. The van der Waals surface area contributed by atoms with Crippen molar-refractivity contribution >= 4 is 45.3 Å². The molecule has 4 aromatic carbocycles. The maximum atomic E-state index is 13.7. The second-order valence-corrected chi connectivity index (χ2v) is 12.1. The van der Waals surface area contributed by atoms with E-state index in [1.807, 2.05) is 30.3 Å². The Morgan fingerprint density at radius 2 is 1.57 bits per heavy atom. The van der Waals surface area contributed by atoms with Crippen molar-refractivity contribution in [1.82, 2.24) is 9.73 Å². The van der Waals surface area contributed by atoms with E-state index in [4.69, 9.17) is 25.8 Å². The molecule has 0 aliphatic rings. The first-order chi connectivity index (χ1) is 22.2. The average Bonchev–Trinajstić information content (AvgIpc) is 3.07. The fraction of sp³-hybridized carbons (Fsp3) is 0.182. The molecule has 0 spiro atoms. The predicted molar refractivity (Wildman–Crippen MR) is 176 cm³/mol. The SMILES string of the molecule is COc1ccc(S(=O)(=O)N(CCc2ccccc2)CC(=O)N/N=C\c2ccc(OCC(=O)Nc3ccccc3Cl)cc2)cc1OC. The third kappa shape index (κ3) is 9.54. The van der Waals surface area contributed by atoms with Crippen molar-refractivity contribution < 1.29 is 32.2 Å². The number of ether oxygens (including phenoxy) is 3. The number of sulfonamides is 1. The van der Waals surface area contributed by atoms with Crippen LogP contribution in [0.1, 0.15) is 11.1 Å². The summed E-state index contributed by atoms with van der Waals surface area (Å²) in [4.78, 5) is 25.0. The van der Waals surface area contributed by atoms with Crippen LogP contribution >= 0.6 is 11.6 Å². The standard InChI is InChI=1S/C33H33ClN4O7S/c1-43-30-17-16-27(20-31(30)44-2)46(41,42)38(19-18-24-8-4-3-5-9-24)22-32(39)37-35-21-25-12-14-26(15-13-25)45-23-33(40)36-29-11-7-6-10-28(29)34/h3-17,20-21H,18-19,22-23H2,1-2H3,(H,36,40)(H,37,39)/b35-21-. The van der Waals surface area contributed by atoms with Gasteiger partial charge in [-0.3, -0.25) is 9.59 Å². The summed E-state index contributed by atoms with van der Waals surface area (Å²) in [7, 11) is -1.23.